The lowest BCUT2D eigenvalue weighted by atomic mass is 9.86. The summed E-state index contributed by atoms with van der Waals surface area (Å²) < 4.78 is 1.78. The monoisotopic (exact) mass is 356 g/mol. The Hall–Kier alpha value is -2.11. The summed E-state index contributed by atoms with van der Waals surface area (Å²) in [6, 6.07) is 10.1. The topological polar surface area (TPSA) is 62.5 Å². The predicted molar refractivity (Wildman–Crippen MR) is 99.9 cm³/mol. The number of hydrogen-bond donors (Lipinski definition) is 2. The van der Waals surface area contributed by atoms with Crippen molar-refractivity contribution in [3.63, 3.8) is 0 Å². The molecule has 0 aliphatic heterocycles. The Kier molecular flexibility index (Phi) is 4.59. The van der Waals surface area contributed by atoms with Gasteiger partial charge in [0.25, 0.3) is 0 Å². The summed E-state index contributed by atoms with van der Waals surface area (Å²) in [5, 5.41) is 17.9. The summed E-state index contributed by atoms with van der Waals surface area (Å²) in [7, 11) is 0. The van der Waals surface area contributed by atoms with Gasteiger partial charge in [-0.15, -0.1) is 0 Å². The molecule has 6 heteroatoms. The van der Waals surface area contributed by atoms with Gasteiger partial charge in [0.2, 0.25) is 0 Å². The van der Waals surface area contributed by atoms with Crippen molar-refractivity contribution in [2.24, 2.45) is 5.92 Å². The van der Waals surface area contributed by atoms with Crippen molar-refractivity contribution in [1.82, 2.24) is 14.6 Å². The fourth-order valence-electron chi connectivity index (χ4n) is 3.51. The van der Waals surface area contributed by atoms with Gasteiger partial charge < -0.3 is 10.4 Å². The van der Waals surface area contributed by atoms with Gasteiger partial charge in [-0.3, -0.25) is 0 Å². The van der Waals surface area contributed by atoms with Crippen LogP contribution < -0.4 is 5.32 Å². The largest absolute Gasteiger partial charge is 0.396 e. The molecule has 25 heavy (non-hydrogen) atoms. The molecule has 0 unspecified atom stereocenters. The number of fused-ring (bicyclic) bond motifs is 1. The van der Waals surface area contributed by atoms with E-state index < -0.39 is 0 Å². The summed E-state index contributed by atoms with van der Waals surface area (Å²) in [6.07, 6.45) is 8.02. The highest BCUT2D eigenvalue weighted by Crippen LogP contribution is 2.28. The summed E-state index contributed by atoms with van der Waals surface area (Å²) in [5.74, 6) is 1.32. The lowest BCUT2D eigenvalue weighted by Crippen LogP contribution is -2.27. The number of benzene rings is 1. The number of hydrogen-bond acceptors (Lipinski definition) is 4. The van der Waals surface area contributed by atoms with Crippen molar-refractivity contribution in [2.45, 2.75) is 31.7 Å². The molecule has 2 aromatic heterocycles. The lowest BCUT2D eigenvalue weighted by Gasteiger charge is -2.28. The number of nitrogens with zero attached hydrogens (tertiary/aromatic N) is 3. The Morgan fingerprint density at radius 3 is 2.80 bits per heavy atom. The zero-order valence-electron chi connectivity index (χ0n) is 13.9. The van der Waals surface area contributed by atoms with E-state index >= 15 is 0 Å². The molecule has 2 N–H and O–H groups in total. The number of aliphatic hydroxyl groups excluding tert-OH is 1. The SMILES string of the molecule is OCC1CCC(Nc2ccn3ncc(-c4cccc(Cl)c4)c3n2)CC1. The Morgan fingerprint density at radius 2 is 2.04 bits per heavy atom. The average Bonchev–Trinajstić information content (AvgIpc) is 3.06. The number of rotatable bonds is 4. The summed E-state index contributed by atoms with van der Waals surface area (Å²) >= 11 is 6.12. The van der Waals surface area contributed by atoms with Gasteiger partial charge >= 0.3 is 0 Å². The molecule has 2 heterocycles. The number of anilines is 1. The van der Waals surface area contributed by atoms with Crippen molar-refractivity contribution in [2.75, 3.05) is 11.9 Å². The van der Waals surface area contributed by atoms with Crippen LogP contribution in [0.4, 0.5) is 5.82 Å². The second kappa shape index (κ2) is 7.02. The van der Waals surface area contributed by atoms with Crippen LogP contribution in [0.3, 0.4) is 0 Å². The molecule has 0 saturated heterocycles. The first kappa shape index (κ1) is 16.4. The number of halogens is 1. The van der Waals surface area contributed by atoms with Crippen LogP contribution in [0, 0.1) is 5.92 Å². The fraction of sp³-hybridized carbons (Fsp3) is 0.368. The molecule has 1 fully saturated rings. The van der Waals surface area contributed by atoms with Crippen LogP contribution >= 0.6 is 11.6 Å². The third kappa shape index (κ3) is 3.48. The minimum absolute atomic E-state index is 0.301. The first-order valence-corrected chi connectivity index (χ1v) is 9.08. The van der Waals surface area contributed by atoms with Gasteiger partial charge in [-0.2, -0.15) is 5.10 Å². The van der Waals surface area contributed by atoms with Gasteiger partial charge in [-0.1, -0.05) is 23.7 Å². The molecule has 3 aromatic rings. The quantitative estimate of drug-likeness (QED) is 0.741. The Labute approximate surface area is 151 Å². The highest BCUT2D eigenvalue weighted by molar-refractivity contribution is 6.30. The van der Waals surface area contributed by atoms with E-state index in [0.717, 1.165) is 48.3 Å². The second-order valence-electron chi connectivity index (χ2n) is 6.69. The maximum Gasteiger partial charge on any atom is 0.165 e. The van der Waals surface area contributed by atoms with Crippen LogP contribution in [0.15, 0.2) is 42.7 Å². The highest BCUT2D eigenvalue weighted by atomic mass is 35.5. The molecule has 1 aromatic carbocycles. The molecule has 0 amide bonds. The van der Waals surface area contributed by atoms with Gasteiger partial charge in [-0.05, 0) is 55.4 Å². The van der Waals surface area contributed by atoms with E-state index in [0.29, 0.717) is 23.6 Å². The van der Waals surface area contributed by atoms with E-state index in [2.05, 4.69) is 10.4 Å². The highest BCUT2D eigenvalue weighted by Gasteiger charge is 2.21. The molecule has 4 rings (SSSR count). The van der Waals surface area contributed by atoms with Gasteiger partial charge in [0, 0.05) is 29.4 Å². The van der Waals surface area contributed by atoms with Gasteiger partial charge in [0.15, 0.2) is 5.65 Å². The Balaban J connectivity index is 1.58. The van der Waals surface area contributed by atoms with Crippen LogP contribution in [0.1, 0.15) is 25.7 Å². The Bertz CT molecular complexity index is 871. The molecule has 0 radical (unpaired) electrons. The second-order valence-corrected chi connectivity index (χ2v) is 7.13. The van der Waals surface area contributed by atoms with Crippen LogP contribution in [0.25, 0.3) is 16.8 Å². The van der Waals surface area contributed by atoms with Crippen LogP contribution in [0.5, 0.6) is 0 Å². The van der Waals surface area contributed by atoms with Crippen molar-refractivity contribution >= 4 is 23.1 Å². The van der Waals surface area contributed by atoms with E-state index in [9.17, 15) is 5.11 Å². The third-order valence-corrected chi connectivity index (χ3v) is 5.20. The van der Waals surface area contributed by atoms with E-state index in [1.54, 1.807) is 4.52 Å². The molecule has 1 aliphatic carbocycles. The standard InChI is InChI=1S/C19H21ClN4O/c20-15-3-1-2-14(10-15)17-11-21-24-9-8-18(23-19(17)24)22-16-6-4-13(12-25)5-7-16/h1-3,8-11,13,16,25H,4-7,12H2,(H,22,23). The van der Waals surface area contributed by atoms with E-state index in [4.69, 9.17) is 16.6 Å². The van der Waals surface area contributed by atoms with Crippen LogP contribution in [-0.4, -0.2) is 32.4 Å². The minimum Gasteiger partial charge on any atom is -0.396 e. The zero-order valence-corrected chi connectivity index (χ0v) is 14.7. The number of aromatic nitrogens is 3. The Morgan fingerprint density at radius 1 is 1.20 bits per heavy atom. The lowest BCUT2D eigenvalue weighted by molar-refractivity contribution is 0.185. The van der Waals surface area contributed by atoms with Gasteiger partial charge in [0.05, 0.1) is 6.20 Å². The maximum atomic E-state index is 9.27. The minimum atomic E-state index is 0.301. The van der Waals surface area contributed by atoms with Crippen LogP contribution in [0.2, 0.25) is 5.02 Å². The molecule has 0 spiro atoms. The van der Waals surface area contributed by atoms with E-state index in [-0.39, 0.29) is 0 Å². The molecule has 0 bridgehead atoms. The molecular weight excluding hydrogens is 336 g/mol. The van der Waals surface area contributed by atoms with Crippen molar-refractivity contribution < 1.29 is 5.11 Å². The molecule has 1 saturated carbocycles. The van der Waals surface area contributed by atoms with Crippen LogP contribution in [-0.2, 0) is 0 Å². The smallest absolute Gasteiger partial charge is 0.165 e. The maximum absolute atomic E-state index is 9.27. The number of aliphatic hydroxyl groups is 1. The summed E-state index contributed by atoms with van der Waals surface area (Å²) in [4.78, 5) is 4.77. The molecular formula is C19H21ClN4O. The average molecular weight is 357 g/mol. The first-order valence-electron chi connectivity index (χ1n) is 8.70. The molecule has 5 nitrogen and oxygen atoms in total. The van der Waals surface area contributed by atoms with Gasteiger partial charge in [-0.25, -0.2) is 9.50 Å². The first-order chi connectivity index (χ1) is 12.2. The summed E-state index contributed by atoms with van der Waals surface area (Å²) in [6.45, 7) is 0.301. The van der Waals surface area contributed by atoms with Crippen molar-refractivity contribution in [3.8, 4) is 11.1 Å². The number of nitrogens with one attached hydrogen (secondary N) is 1. The molecule has 130 valence electrons. The predicted octanol–water partition coefficient (Wildman–Crippen LogP) is 4.01. The van der Waals surface area contributed by atoms with E-state index in [1.807, 2.05) is 42.7 Å². The summed E-state index contributed by atoms with van der Waals surface area (Å²) in [5.41, 5.74) is 2.79. The zero-order chi connectivity index (χ0) is 17.2. The molecule has 0 atom stereocenters. The van der Waals surface area contributed by atoms with Crippen molar-refractivity contribution in [3.05, 3.63) is 47.7 Å². The fourth-order valence-corrected chi connectivity index (χ4v) is 3.70. The molecule has 1 aliphatic rings. The third-order valence-electron chi connectivity index (χ3n) is 4.96. The normalized spacial score (nSPS) is 20.7. The van der Waals surface area contributed by atoms with E-state index in [1.165, 1.54) is 0 Å². The van der Waals surface area contributed by atoms with Crippen molar-refractivity contribution in [1.29, 1.82) is 0 Å². The van der Waals surface area contributed by atoms with Gasteiger partial charge in [0.1, 0.15) is 5.82 Å².